The van der Waals surface area contributed by atoms with Crippen molar-refractivity contribution >= 4 is 0 Å². The topological polar surface area (TPSA) is 29.9 Å². The molecular weight excluding hydrogens is 246 g/mol. The third-order valence-electron chi connectivity index (χ3n) is 4.60. The summed E-state index contributed by atoms with van der Waals surface area (Å²) in [5.74, 6) is 2.01. The van der Waals surface area contributed by atoms with Gasteiger partial charge in [0.2, 0.25) is 0 Å². The first-order valence-corrected chi connectivity index (χ1v) is 8.61. The molecule has 1 N–H and O–H groups in total. The Morgan fingerprint density at radius 2 is 1.90 bits per heavy atom. The van der Waals surface area contributed by atoms with Gasteiger partial charge >= 0.3 is 0 Å². The van der Waals surface area contributed by atoms with E-state index >= 15 is 0 Å². The van der Waals surface area contributed by atoms with Crippen LogP contribution in [0.2, 0.25) is 0 Å². The highest BCUT2D eigenvalue weighted by molar-refractivity contribution is 5.02. The maximum atomic E-state index is 4.67. The van der Waals surface area contributed by atoms with Crippen molar-refractivity contribution in [2.75, 3.05) is 6.54 Å². The third kappa shape index (κ3) is 4.08. The molecule has 1 aromatic rings. The average molecular weight is 277 g/mol. The molecule has 0 bridgehead atoms. The maximum absolute atomic E-state index is 4.67. The molecule has 1 aliphatic rings. The summed E-state index contributed by atoms with van der Waals surface area (Å²) in [6.45, 7) is 6.57. The van der Waals surface area contributed by atoms with Crippen LogP contribution in [0.25, 0.3) is 0 Å². The van der Waals surface area contributed by atoms with Crippen LogP contribution in [0.1, 0.15) is 77.1 Å². The van der Waals surface area contributed by atoms with E-state index < -0.39 is 0 Å². The van der Waals surface area contributed by atoms with Gasteiger partial charge < -0.3 is 9.88 Å². The van der Waals surface area contributed by atoms with Gasteiger partial charge in [0.1, 0.15) is 5.82 Å². The fraction of sp³-hybridized carbons (Fsp3) is 0.824. The minimum atomic E-state index is 0.447. The number of nitrogens with one attached hydrogen (secondary N) is 1. The van der Waals surface area contributed by atoms with Gasteiger partial charge in [-0.2, -0.15) is 0 Å². The van der Waals surface area contributed by atoms with E-state index in [0.717, 1.165) is 19.0 Å². The van der Waals surface area contributed by atoms with Crippen molar-refractivity contribution < 1.29 is 0 Å². The second-order valence-corrected chi connectivity index (χ2v) is 6.11. The molecule has 0 amide bonds. The second kappa shape index (κ2) is 8.46. The Kier molecular flexibility index (Phi) is 6.58. The van der Waals surface area contributed by atoms with Gasteiger partial charge in [-0.05, 0) is 38.6 Å². The maximum Gasteiger partial charge on any atom is 0.126 e. The SMILES string of the molecule is CCCNC(c1nccn1CC)C1CCCCCCC1. The lowest BCUT2D eigenvalue weighted by molar-refractivity contribution is 0.275. The summed E-state index contributed by atoms with van der Waals surface area (Å²) in [6.07, 6.45) is 15.0. The number of hydrogen-bond acceptors (Lipinski definition) is 2. The van der Waals surface area contributed by atoms with E-state index in [0.29, 0.717) is 6.04 Å². The summed E-state index contributed by atoms with van der Waals surface area (Å²) in [7, 11) is 0. The normalized spacial score (nSPS) is 19.5. The van der Waals surface area contributed by atoms with Crippen LogP contribution in [0, 0.1) is 5.92 Å². The average Bonchev–Trinajstić information content (AvgIpc) is 2.89. The molecule has 0 radical (unpaired) electrons. The number of aromatic nitrogens is 2. The Bertz CT molecular complexity index is 364. The van der Waals surface area contributed by atoms with Crippen molar-refractivity contribution in [2.24, 2.45) is 5.92 Å². The van der Waals surface area contributed by atoms with E-state index in [1.807, 2.05) is 6.20 Å². The highest BCUT2D eigenvalue weighted by Crippen LogP contribution is 2.32. The molecule has 3 nitrogen and oxygen atoms in total. The van der Waals surface area contributed by atoms with Crippen LogP contribution in [-0.4, -0.2) is 16.1 Å². The van der Waals surface area contributed by atoms with Crippen LogP contribution < -0.4 is 5.32 Å². The molecule has 20 heavy (non-hydrogen) atoms. The first kappa shape index (κ1) is 15.6. The van der Waals surface area contributed by atoms with Gasteiger partial charge in [0, 0.05) is 18.9 Å². The summed E-state index contributed by atoms with van der Waals surface area (Å²) < 4.78 is 2.31. The van der Waals surface area contributed by atoms with Crippen molar-refractivity contribution in [1.29, 1.82) is 0 Å². The lowest BCUT2D eigenvalue weighted by Gasteiger charge is -2.29. The molecule has 1 unspecified atom stereocenters. The third-order valence-corrected chi connectivity index (χ3v) is 4.60. The van der Waals surface area contributed by atoms with Crippen molar-refractivity contribution in [1.82, 2.24) is 14.9 Å². The molecule has 1 fully saturated rings. The summed E-state index contributed by atoms with van der Waals surface area (Å²) in [6, 6.07) is 0.447. The number of imidazole rings is 1. The van der Waals surface area contributed by atoms with Gasteiger partial charge in [-0.25, -0.2) is 4.98 Å². The second-order valence-electron chi connectivity index (χ2n) is 6.11. The van der Waals surface area contributed by atoms with Crippen LogP contribution in [0.4, 0.5) is 0 Å². The van der Waals surface area contributed by atoms with Crippen molar-refractivity contribution in [2.45, 2.75) is 77.8 Å². The first-order chi connectivity index (χ1) is 9.86. The van der Waals surface area contributed by atoms with Gasteiger partial charge in [0.05, 0.1) is 6.04 Å². The minimum Gasteiger partial charge on any atom is -0.334 e. The van der Waals surface area contributed by atoms with Gasteiger partial charge in [-0.1, -0.05) is 39.0 Å². The van der Waals surface area contributed by atoms with E-state index in [4.69, 9.17) is 0 Å². The molecule has 0 aliphatic heterocycles. The Morgan fingerprint density at radius 3 is 2.55 bits per heavy atom. The number of rotatable bonds is 6. The monoisotopic (exact) mass is 277 g/mol. The quantitative estimate of drug-likeness (QED) is 0.840. The van der Waals surface area contributed by atoms with Crippen LogP contribution in [0.3, 0.4) is 0 Å². The lowest BCUT2D eigenvalue weighted by atomic mass is 9.85. The molecule has 114 valence electrons. The standard InChI is InChI=1S/C17H31N3/c1-3-12-18-16(17-19-13-14-20(17)4-2)15-10-8-6-5-7-9-11-15/h13-16,18H,3-12H2,1-2H3. The van der Waals surface area contributed by atoms with Crippen molar-refractivity contribution in [3.8, 4) is 0 Å². The Morgan fingerprint density at radius 1 is 1.20 bits per heavy atom. The highest BCUT2D eigenvalue weighted by Gasteiger charge is 2.26. The van der Waals surface area contributed by atoms with E-state index in [1.54, 1.807) is 0 Å². The summed E-state index contributed by atoms with van der Waals surface area (Å²) in [5, 5.41) is 3.78. The molecule has 0 spiro atoms. The molecule has 1 heterocycles. The fourth-order valence-electron chi connectivity index (χ4n) is 3.46. The van der Waals surface area contributed by atoms with E-state index in [9.17, 15) is 0 Å². The molecule has 1 atom stereocenters. The van der Waals surface area contributed by atoms with E-state index in [2.05, 4.69) is 34.9 Å². The molecule has 0 aromatic carbocycles. The Hall–Kier alpha value is -0.830. The Balaban J connectivity index is 2.12. The number of hydrogen-bond donors (Lipinski definition) is 1. The van der Waals surface area contributed by atoms with Gasteiger partial charge in [0.15, 0.2) is 0 Å². The van der Waals surface area contributed by atoms with Crippen LogP contribution in [0.5, 0.6) is 0 Å². The molecular formula is C17H31N3. The van der Waals surface area contributed by atoms with Crippen molar-refractivity contribution in [3.63, 3.8) is 0 Å². The zero-order valence-electron chi connectivity index (χ0n) is 13.3. The fourth-order valence-corrected chi connectivity index (χ4v) is 3.46. The minimum absolute atomic E-state index is 0.447. The Labute approximate surface area is 124 Å². The first-order valence-electron chi connectivity index (χ1n) is 8.61. The molecule has 2 rings (SSSR count). The predicted octanol–water partition coefficient (Wildman–Crippen LogP) is 4.30. The molecule has 1 aromatic heterocycles. The van der Waals surface area contributed by atoms with Gasteiger partial charge in [0.25, 0.3) is 0 Å². The lowest BCUT2D eigenvalue weighted by Crippen LogP contribution is -2.32. The van der Waals surface area contributed by atoms with Crippen LogP contribution >= 0.6 is 0 Å². The summed E-state index contributed by atoms with van der Waals surface area (Å²) >= 11 is 0. The highest BCUT2D eigenvalue weighted by atomic mass is 15.1. The molecule has 1 aliphatic carbocycles. The number of aryl methyl sites for hydroxylation is 1. The zero-order valence-corrected chi connectivity index (χ0v) is 13.3. The van der Waals surface area contributed by atoms with E-state index in [1.165, 1.54) is 57.2 Å². The summed E-state index contributed by atoms with van der Waals surface area (Å²) in [4.78, 5) is 4.67. The van der Waals surface area contributed by atoms with E-state index in [-0.39, 0.29) is 0 Å². The van der Waals surface area contributed by atoms with Gasteiger partial charge in [-0.3, -0.25) is 0 Å². The smallest absolute Gasteiger partial charge is 0.126 e. The molecule has 1 saturated carbocycles. The summed E-state index contributed by atoms with van der Waals surface area (Å²) in [5.41, 5.74) is 0. The number of nitrogens with zero attached hydrogens (tertiary/aromatic N) is 2. The van der Waals surface area contributed by atoms with Crippen molar-refractivity contribution in [3.05, 3.63) is 18.2 Å². The van der Waals surface area contributed by atoms with Crippen LogP contribution in [0.15, 0.2) is 12.4 Å². The van der Waals surface area contributed by atoms with Gasteiger partial charge in [-0.15, -0.1) is 0 Å². The molecule has 3 heteroatoms. The zero-order chi connectivity index (χ0) is 14.2. The predicted molar refractivity (Wildman–Crippen MR) is 84.7 cm³/mol. The molecule has 0 saturated heterocycles. The van der Waals surface area contributed by atoms with Crippen LogP contribution in [-0.2, 0) is 6.54 Å². The largest absolute Gasteiger partial charge is 0.334 e.